The SMILES string of the molecule is [3H]P(=O)(OOOOOOOOOOOOOOOOOOOOOOOO)OOOOOOOOOOOOOOOOOOOOOOOOP([3H])(=O)OOOOOOOOOOOOOOOOOOOOOOOOOOOOOOOOOOOOOOOOOOOOOOOOO. The highest BCUT2D eigenvalue weighted by Crippen LogP contribution is 2.25. The van der Waals surface area contributed by atoms with Crippen molar-refractivity contribution in [3.05, 3.63) is 0 Å². The van der Waals surface area contributed by atoms with Gasteiger partial charge < -0.3 is 0 Å². The van der Waals surface area contributed by atoms with E-state index >= 15 is 0 Å². The maximum absolute atomic E-state index is 11.4. The average molecular weight is 1650 g/mol. The Bertz CT molecular complexity index is 1590. The molecule has 0 amide bonds. The van der Waals surface area contributed by atoms with Crippen molar-refractivity contribution < 1.29 is 497 Å². The lowest BCUT2D eigenvalue weighted by Gasteiger charge is -2.01. The van der Waals surface area contributed by atoms with Crippen molar-refractivity contribution in [2.45, 2.75) is 0 Å². The van der Waals surface area contributed by atoms with E-state index in [1.54, 1.807) is 0 Å². The minimum atomic E-state index is -5.17. The first-order chi connectivity index (χ1) is 50.8. The summed E-state index contributed by atoms with van der Waals surface area (Å²) in [6.45, 7) is 0. The van der Waals surface area contributed by atoms with E-state index in [-0.39, 0.29) is 0 Å². The molecule has 2 atom stereocenters. The summed E-state index contributed by atoms with van der Waals surface area (Å²) in [5.74, 6) is 0. The molecule has 0 aliphatic carbocycles. The van der Waals surface area contributed by atoms with E-state index in [9.17, 15) is 9.13 Å². The standard InChI is InChI=1S/H4O99P2/c1-5-7-9-11-13-15-17-19-21-23-25-27-29-30-31-32-33-34-35-36-37-38-39-40-41-42-43-44-45-46-47-48-49-50-51-52-53-57-61-65-69-73-77-81-85-89-93-97-101(4)99-95-91-87-83-79-75-71-67-63-59-55-54-58-62-66-70-74-78-82-86-90-94-98-100(3)96-92-88-84-80-76-72-68-64-60-56-28-26-24-22-20-18-16-14-12-10-8-6-2/h1-2,100-101H/i100T,101T. The summed E-state index contributed by atoms with van der Waals surface area (Å²) in [5.41, 5.74) is 0. The molecule has 2 unspecified atom stereocenters. The smallest absolute Gasteiger partial charge is 0.258 e. The van der Waals surface area contributed by atoms with Crippen LogP contribution in [0.15, 0.2) is 0 Å². The van der Waals surface area contributed by atoms with Gasteiger partial charge in [-0.3, -0.25) is 9.13 Å². The molecule has 0 heterocycles. The van der Waals surface area contributed by atoms with Crippen LogP contribution >= 0.6 is 16.4 Å². The van der Waals surface area contributed by atoms with Gasteiger partial charge in [0, 0.05) is 217 Å². The maximum Gasteiger partial charge on any atom is 0.380 e. The molecule has 99 nitrogen and oxygen atoms in total. The zero-order valence-electron chi connectivity index (χ0n) is 43.4. The summed E-state index contributed by atoms with van der Waals surface area (Å²) >= 11 is 0. The molecule has 0 aromatic heterocycles. The summed E-state index contributed by atoms with van der Waals surface area (Å²) < 4.78 is 51.1. The summed E-state index contributed by atoms with van der Waals surface area (Å²) in [5, 5.41) is 329. The molecular formula is H4O99P2. The van der Waals surface area contributed by atoms with Gasteiger partial charge in [0.2, 0.25) is 0 Å². The van der Waals surface area contributed by atoms with E-state index < -0.39 is 16.4 Å². The first kappa shape index (κ1) is 93.7. The van der Waals surface area contributed by atoms with Gasteiger partial charge in [0.25, 0.3) is 0 Å². The van der Waals surface area contributed by atoms with Gasteiger partial charge in [-0.25, -0.2) is 10.5 Å². The molecule has 0 saturated heterocycles. The molecule has 0 aromatic rings. The first-order valence-corrected chi connectivity index (χ1v) is 19.0. The Hall–Kier alpha value is -3.42. The van der Waals surface area contributed by atoms with Gasteiger partial charge in [0.05, 0.1) is 0 Å². The highest BCUT2D eigenvalue weighted by atomic mass is 31.1. The minimum Gasteiger partial charge on any atom is -0.258 e. The third-order valence-electron chi connectivity index (χ3n) is 2.81. The van der Waals surface area contributed by atoms with Crippen LogP contribution in [0.25, 0.3) is 0 Å². The zero-order valence-corrected chi connectivity index (χ0v) is 43.2. The number of rotatable bonds is 96. The monoisotopic (exact) mass is 1650 g/mol. The predicted octanol–water partition coefficient (Wildman–Crippen LogP) is -5.53. The minimum absolute atomic E-state index is 2.87. The second-order valence-corrected chi connectivity index (χ2v) is 8.44. The molecule has 608 valence electrons. The molecule has 0 fully saturated rings. The summed E-state index contributed by atoms with van der Waals surface area (Å²) in [6.07, 6.45) is 0. The molecule has 101 heavy (non-hydrogen) atoms. The average Bonchev–Trinajstić information content (AvgIpc) is 2.13. The van der Waals surface area contributed by atoms with Crippen LogP contribution in [-0.2, 0) is 486 Å². The van der Waals surface area contributed by atoms with Crippen molar-refractivity contribution in [1.29, 1.82) is 2.56 Å². The summed E-state index contributed by atoms with van der Waals surface area (Å²) in [4.78, 5) is 0. The lowest BCUT2D eigenvalue weighted by atomic mass is 14.0. The fourth-order valence-electron chi connectivity index (χ4n) is 1.14. The lowest BCUT2D eigenvalue weighted by molar-refractivity contribution is -0.910. The zero-order chi connectivity index (χ0) is 74.2. The second kappa shape index (κ2) is 92.7. The third-order valence-corrected chi connectivity index (χ3v) is 3.55. The Morgan fingerprint density at radius 3 is 0.248 bits per heavy atom. The van der Waals surface area contributed by atoms with Crippen LogP contribution in [0, 0.1) is 0 Å². The van der Waals surface area contributed by atoms with E-state index in [0.717, 1.165) is 0 Å². The third kappa shape index (κ3) is 92.6. The molecule has 101 heteroatoms. The Kier molecular flexibility index (Phi) is 85.9. The molecular weight excluding hydrogens is 1650 g/mol. The normalized spacial score (nSPS) is 13.4. The predicted molar refractivity (Wildman–Crippen MR) is 126 cm³/mol. The van der Waals surface area contributed by atoms with E-state index in [4.69, 9.17) is 13.1 Å². The van der Waals surface area contributed by atoms with Crippen molar-refractivity contribution in [3.63, 3.8) is 0 Å². The number of hydrogen-bond donors (Lipinski definition) is 2. The lowest BCUT2D eigenvalue weighted by Crippen LogP contribution is -2.06. The van der Waals surface area contributed by atoms with Gasteiger partial charge in [-0.1, -0.05) is 0 Å². The van der Waals surface area contributed by atoms with Crippen molar-refractivity contribution >= 4 is 16.4 Å². The fourth-order valence-corrected chi connectivity index (χ4v) is 1.49. The molecule has 0 spiro atoms. The van der Waals surface area contributed by atoms with Crippen molar-refractivity contribution in [1.82, 2.24) is 0 Å². The fraction of sp³-hybridized carbons (Fsp3) is 0. The first-order valence-electron chi connectivity index (χ1n) is 17.7. The van der Waals surface area contributed by atoms with Crippen molar-refractivity contribution in [3.8, 4) is 0 Å². The number of hydrogen-bond acceptors (Lipinski definition) is 99. The van der Waals surface area contributed by atoms with Gasteiger partial charge in [-0.2, -0.15) is 0 Å². The van der Waals surface area contributed by atoms with Gasteiger partial charge in [0.15, 0.2) is 2.56 Å². The quantitative estimate of drug-likeness (QED) is 0.0248. The van der Waals surface area contributed by atoms with E-state index in [1.807, 2.05) is 0 Å². The van der Waals surface area contributed by atoms with Gasteiger partial charge in [0.1, 0.15) is 0 Å². The Balaban J connectivity index is 3.26. The molecule has 0 bridgehead atoms. The molecule has 0 radical (unpaired) electrons. The largest absolute Gasteiger partial charge is 0.380 e. The van der Waals surface area contributed by atoms with Crippen LogP contribution in [0.2, 0.25) is 0 Å². The molecule has 0 saturated carbocycles. The van der Waals surface area contributed by atoms with Gasteiger partial charge in [-0.05, 0) is 242 Å². The van der Waals surface area contributed by atoms with Gasteiger partial charge in [-0.15, -0.1) is 18.7 Å². The van der Waals surface area contributed by atoms with Crippen molar-refractivity contribution in [2.24, 2.45) is 0 Å². The Labute approximate surface area is 517 Å². The van der Waals surface area contributed by atoms with E-state index in [1.165, 1.54) is 0 Å². The van der Waals surface area contributed by atoms with Crippen LogP contribution in [0.3, 0.4) is 0 Å². The Morgan fingerprint density at radius 1 is 0.119 bits per heavy atom. The molecule has 0 aliphatic rings. The maximum atomic E-state index is 11.4. The molecule has 0 aliphatic heterocycles. The van der Waals surface area contributed by atoms with Crippen LogP contribution in [0.1, 0.15) is 0 Å². The Morgan fingerprint density at radius 2 is 0.178 bits per heavy atom. The van der Waals surface area contributed by atoms with Crippen LogP contribution in [0.5, 0.6) is 0 Å². The highest BCUT2D eigenvalue weighted by molar-refractivity contribution is 7.33. The van der Waals surface area contributed by atoms with E-state index in [2.05, 4.69) is 477 Å². The van der Waals surface area contributed by atoms with Crippen molar-refractivity contribution in [2.75, 3.05) is 0 Å². The second-order valence-electron chi connectivity index (χ2n) is 6.95. The van der Waals surface area contributed by atoms with Crippen LogP contribution < -0.4 is 0 Å². The topological polar surface area (TPSA) is 951 Å². The highest BCUT2D eigenvalue weighted by Gasteiger charge is 2.11. The van der Waals surface area contributed by atoms with Crippen LogP contribution in [0.4, 0.5) is 0 Å². The van der Waals surface area contributed by atoms with Gasteiger partial charge >= 0.3 is 16.4 Å². The van der Waals surface area contributed by atoms with Crippen LogP contribution in [-0.4, -0.2) is 13.1 Å². The molecule has 2 N–H and O–H groups in total. The molecule has 0 rings (SSSR count). The van der Waals surface area contributed by atoms with E-state index in [0.29, 0.717) is 0 Å². The molecule has 0 aromatic carbocycles. The summed E-state index contributed by atoms with van der Waals surface area (Å²) in [7, 11) is -10.3. The summed E-state index contributed by atoms with van der Waals surface area (Å²) in [6, 6.07) is 0.